The van der Waals surface area contributed by atoms with E-state index in [9.17, 15) is 19.5 Å². The van der Waals surface area contributed by atoms with Crippen LogP contribution in [0.2, 0.25) is 0 Å². The van der Waals surface area contributed by atoms with E-state index in [2.05, 4.69) is 13.8 Å². The Bertz CT molecular complexity index is 899. The van der Waals surface area contributed by atoms with E-state index in [4.69, 9.17) is 9.84 Å². The van der Waals surface area contributed by atoms with Crippen molar-refractivity contribution in [1.29, 1.82) is 0 Å². The van der Waals surface area contributed by atoms with Gasteiger partial charge >= 0.3 is 17.9 Å². The number of aromatic carboxylic acids is 2. The van der Waals surface area contributed by atoms with E-state index in [1.54, 1.807) is 0 Å². The number of unbranched alkanes of at least 4 members (excludes halogenated alkanes) is 3. The van der Waals surface area contributed by atoms with E-state index in [1.165, 1.54) is 43.4 Å². The number of hydrogen-bond donors (Lipinski definition) is 2. The van der Waals surface area contributed by atoms with E-state index in [1.807, 2.05) is 24.3 Å². The first kappa shape index (κ1) is 24.1. The van der Waals surface area contributed by atoms with Crippen LogP contribution in [0, 0.1) is 5.92 Å². The normalized spacial score (nSPS) is 10.8. The second-order valence-corrected chi connectivity index (χ2v) is 8.11. The number of aryl methyl sites for hydroxylation is 1. The predicted octanol–water partition coefficient (Wildman–Crippen LogP) is 5.59. The Morgan fingerprint density at radius 3 is 2.06 bits per heavy atom. The molecule has 0 saturated carbocycles. The fourth-order valence-electron chi connectivity index (χ4n) is 3.30. The van der Waals surface area contributed by atoms with Gasteiger partial charge in [0, 0.05) is 0 Å². The van der Waals surface area contributed by atoms with Crippen molar-refractivity contribution in [1.82, 2.24) is 0 Å². The maximum atomic E-state index is 12.3. The molecule has 0 saturated heterocycles. The monoisotopic (exact) mass is 426 g/mol. The van der Waals surface area contributed by atoms with Gasteiger partial charge in [-0.1, -0.05) is 63.8 Å². The van der Waals surface area contributed by atoms with Crippen molar-refractivity contribution in [3.8, 4) is 0 Å². The van der Waals surface area contributed by atoms with Gasteiger partial charge in [0.25, 0.3) is 0 Å². The molecule has 0 atom stereocenters. The SMILES string of the molecule is CC(C)CCCCCCc1ccc(COC(=O)c2ccc(C(=O)O)cc2C(=O)O)cc1. The minimum absolute atomic E-state index is 0.00799. The molecule has 0 fully saturated rings. The highest BCUT2D eigenvalue weighted by molar-refractivity contribution is 6.04. The largest absolute Gasteiger partial charge is 0.478 e. The number of hydrogen-bond acceptors (Lipinski definition) is 4. The summed E-state index contributed by atoms with van der Waals surface area (Å²) in [6.07, 6.45) is 7.21. The lowest BCUT2D eigenvalue weighted by Crippen LogP contribution is -2.13. The molecule has 0 spiro atoms. The summed E-state index contributed by atoms with van der Waals surface area (Å²) in [7, 11) is 0. The van der Waals surface area contributed by atoms with Gasteiger partial charge in [-0.3, -0.25) is 0 Å². The molecule has 0 aromatic heterocycles. The van der Waals surface area contributed by atoms with Crippen molar-refractivity contribution < 1.29 is 29.3 Å². The van der Waals surface area contributed by atoms with Crippen LogP contribution in [0.3, 0.4) is 0 Å². The third-order valence-electron chi connectivity index (χ3n) is 5.11. The van der Waals surface area contributed by atoms with E-state index in [0.717, 1.165) is 30.4 Å². The molecule has 31 heavy (non-hydrogen) atoms. The Morgan fingerprint density at radius 1 is 0.806 bits per heavy atom. The van der Waals surface area contributed by atoms with Gasteiger partial charge < -0.3 is 14.9 Å². The lowest BCUT2D eigenvalue weighted by atomic mass is 10.0. The lowest BCUT2D eigenvalue weighted by Gasteiger charge is -2.09. The number of ether oxygens (including phenoxy) is 1. The van der Waals surface area contributed by atoms with Crippen molar-refractivity contribution in [2.75, 3.05) is 0 Å². The molecule has 0 aliphatic rings. The maximum Gasteiger partial charge on any atom is 0.339 e. The van der Waals surface area contributed by atoms with Gasteiger partial charge in [-0.25, -0.2) is 14.4 Å². The molecule has 0 bridgehead atoms. The Balaban J connectivity index is 1.86. The van der Waals surface area contributed by atoms with Gasteiger partial charge in [-0.15, -0.1) is 0 Å². The minimum Gasteiger partial charge on any atom is -0.478 e. The molecule has 6 heteroatoms. The summed E-state index contributed by atoms with van der Waals surface area (Å²) in [6.45, 7) is 4.51. The number of carbonyl (C=O) groups excluding carboxylic acids is 1. The van der Waals surface area contributed by atoms with Gasteiger partial charge in [0.2, 0.25) is 0 Å². The molecule has 2 aromatic carbocycles. The quantitative estimate of drug-likeness (QED) is 0.339. The summed E-state index contributed by atoms with van der Waals surface area (Å²) >= 11 is 0. The van der Waals surface area contributed by atoms with Crippen molar-refractivity contribution in [3.63, 3.8) is 0 Å². The first-order valence-electron chi connectivity index (χ1n) is 10.6. The van der Waals surface area contributed by atoms with E-state index < -0.39 is 23.5 Å². The molecule has 0 aliphatic carbocycles. The Kier molecular flexibility index (Phi) is 9.25. The number of carboxylic acid groups (broad SMARTS) is 2. The molecular formula is C25H30O6. The third kappa shape index (κ3) is 7.89. The Hall–Kier alpha value is -3.15. The van der Waals surface area contributed by atoms with Gasteiger partial charge in [-0.05, 0) is 48.1 Å². The number of carbonyl (C=O) groups is 3. The first-order chi connectivity index (χ1) is 14.8. The van der Waals surface area contributed by atoms with Gasteiger partial charge in [0.15, 0.2) is 0 Å². The fourth-order valence-corrected chi connectivity index (χ4v) is 3.30. The summed E-state index contributed by atoms with van der Waals surface area (Å²) in [5.74, 6) is -2.69. The first-order valence-corrected chi connectivity index (χ1v) is 10.6. The highest BCUT2D eigenvalue weighted by atomic mass is 16.5. The van der Waals surface area contributed by atoms with Gasteiger partial charge in [0.05, 0.1) is 16.7 Å². The Morgan fingerprint density at radius 2 is 1.45 bits per heavy atom. The van der Waals surface area contributed by atoms with Crippen molar-refractivity contribution in [2.24, 2.45) is 5.92 Å². The van der Waals surface area contributed by atoms with Crippen LogP contribution in [0.15, 0.2) is 42.5 Å². The van der Waals surface area contributed by atoms with Crippen LogP contribution in [-0.4, -0.2) is 28.1 Å². The molecule has 0 radical (unpaired) electrons. The molecule has 2 N–H and O–H groups in total. The van der Waals surface area contributed by atoms with Crippen LogP contribution < -0.4 is 0 Å². The number of rotatable bonds is 12. The standard InChI is InChI=1S/C25H30O6/c1-17(2)7-5-3-4-6-8-18-9-11-19(12-10-18)16-31-25(30)21-14-13-20(23(26)27)15-22(21)24(28)29/h9-15,17H,3-8,16H2,1-2H3,(H,26,27)(H,28,29). The molecule has 0 aliphatic heterocycles. The zero-order chi connectivity index (χ0) is 22.8. The van der Waals surface area contributed by atoms with Crippen LogP contribution in [-0.2, 0) is 17.8 Å². The molecule has 6 nitrogen and oxygen atoms in total. The second kappa shape index (κ2) is 11.9. The summed E-state index contributed by atoms with van der Waals surface area (Å²) in [5, 5.41) is 18.3. The number of carboxylic acids is 2. The highest BCUT2D eigenvalue weighted by Gasteiger charge is 2.20. The summed E-state index contributed by atoms with van der Waals surface area (Å²) in [5.41, 5.74) is 1.26. The van der Waals surface area contributed by atoms with Crippen LogP contribution >= 0.6 is 0 Å². The number of benzene rings is 2. The zero-order valence-corrected chi connectivity index (χ0v) is 18.1. The molecule has 0 heterocycles. The Labute approximate surface area is 182 Å². The van der Waals surface area contributed by atoms with Gasteiger partial charge in [-0.2, -0.15) is 0 Å². The van der Waals surface area contributed by atoms with Crippen LogP contribution in [0.1, 0.15) is 88.2 Å². The topological polar surface area (TPSA) is 101 Å². The van der Waals surface area contributed by atoms with Crippen molar-refractivity contribution >= 4 is 17.9 Å². The molecular weight excluding hydrogens is 396 g/mol. The summed E-state index contributed by atoms with van der Waals surface area (Å²) in [4.78, 5) is 34.7. The third-order valence-corrected chi connectivity index (χ3v) is 5.11. The zero-order valence-electron chi connectivity index (χ0n) is 18.1. The maximum absolute atomic E-state index is 12.3. The van der Waals surface area contributed by atoms with Crippen LogP contribution in [0.4, 0.5) is 0 Å². The summed E-state index contributed by atoms with van der Waals surface area (Å²) < 4.78 is 5.24. The average Bonchev–Trinajstić information content (AvgIpc) is 2.74. The second-order valence-electron chi connectivity index (χ2n) is 8.11. The van der Waals surface area contributed by atoms with Crippen molar-refractivity contribution in [2.45, 2.75) is 59.0 Å². The van der Waals surface area contributed by atoms with Gasteiger partial charge in [0.1, 0.15) is 6.61 Å². The number of esters is 1. The predicted molar refractivity (Wildman–Crippen MR) is 118 cm³/mol. The fraction of sp³-hybridized carbons (Fsp3) is 0.400. The molecule has 166 valence electrons. The van der Waals surface area contributed by atoms with E-state index in [-0.39, 0.29) is 17.7 Å². The molecule has 2 rings (SSSR count). The van der Waals surface area contributed by atoms with Crippen molar-refractivity contribution in [3.05, 3.63) is 70.3 Å². The average molecular weight is 427 g/mol. The highest BCUT2D eigenvalue weighted by Crippen LogP contribution is 2.16. The minimum atomic E-state index is -1.39. The molecule has 2 aromatic rings. The van der Waals surface area contributed by atoms with E-state index >= 15 is 0 Å². The molecule has 0 unspecified atom stereocenters. The summed E-state index contributed by atoms with van der Waals surface area (Å²) in [6, 6.07) is 11.1. The smallest absolute Gasteiger partial charge is 0.339 e. The lowest BCUT2D eigenvalue weighted by molar-refractivity contribution is 0.0462. The van der Waals surface area contributed by atoms with E-state index in [0.29, 0.717) is 0 Å². The van der Waals surface area contributed by atoms with Crippen LogP contribution in [0.5, 0.6) is 0 Å². The van der Waals surface area contributed by atoms with Crippen LogP contribution in [0.25, 0.3) is 0 Å². The molecule has 0 amide bonds.